The lowest BCUT2D eigenvalue weighted by Gasteiger charge is -2.12. The van der Waals surface area contributed by atoms with E-state index in [-0.39, 0.29) is 0 Å². The predicted octanol–water partition coefficient (Wildman–Crippen LogP) is 1.31. The van der Waals surface area contributed by atoms with Crippen LogP contribution in [0.1, 0.15) is 0 Å². The molecule has 4 nitrogen and oxygen atoms in total. The van der Waals surface area contributed by atoms with Crippen molar-refractivity contribution in [3.05, 3.63) is 28.7 Å². The minimum Gasteiger partial charge on any atom is -0.480 e. The molecule has 0 aliphatic heterocycles. The fourth-order valence-corrected chi connectivity index (χ4v) is 1.36. The average molecular weight is 260 g/mol. The number of rotatable bonds is 4. The maximum Gasteiger partial charge on any atom is 0.328 e. The average Bonchev–Trinajstić information content (AvgIpc) is 2.14. The number of aliphatic hydroxyl groups is 1. The molecule has 0 amide bonds. The summed E-state index contributed by atoms with van der Waals surface area (Å²) in [5.41, 5.74) is 0.654. The van der Waals surface area contributed by atoms with Crippen molar-refractivity contribution < 1.29 is 15.0 Å². The van der Waals surface area contributed by atoms with Gasteiger partial charge in [-0.15, -0.1) is 0 Å². The molecule has 0 saturated carbocycles. The zero-order chi connectivity index (χ0) is 10.6. The van der Waals surface area contributed by atoms with Crippen molar-refractivity contribution in [1.29, 1.82) is 0 Å². The van der Waals surface area contributed by atoms with Gasteiger partial charge in [0.25, 0.3) is 0 Å². The number of carboxylic acid groups (broad SMARTS) is 1. The molecule has 0 saturated heterocycles. The van der Waals surface area contributed by atoms with E-state index < -0.39 is 18.6 Å². The summed E-state index contributed by atoms with van der Waals surface area (Å²) in [7, 11) is 0. The van der Waals surface area contributed by atoms with Gasteiger partial charge < -0.3 is 15.5 Å². The van der Waals surface area contributed by atoms with Gasteiger partial charge in [0.1, 0.15) is 6.04 Å². The zero-order valence-electron chi connectivity index (χ0n) is 7.27. The lowest BCUT2D eigenvalue weighted by Crippen LogP contribution is -2.32. The second-order valence-corrected chi connectivity index (χ2v) is 3.64. The van der Waals surface area contributed by atoms with Crippen molar-refractivity contribution in [3.63, 3.8) is 0 Å². The van der Waals surface area contributed by atoms with Gasteiger partial charge in [-0.05, 0) is 18.2 Å². The second-order valence-electron chi connectivity index (χ2n) is 2.73. The molecule has 0 aromatic heterocycles. The van der Waals surface area contributed by atoms with Crippen LogP contribution in [0.5, 0.6) is 0 Å². The SMILES string of the molecule is O=C(O)[C@H](CO)Nc1cccc(Br)c1. The Hall–Kier alpha value is -1.07. The first-order valence-corrected chi connectivity index (χ1v) is 4.78. The molecular weight excluding hydrogens is 250 g/mol. The fourth-order valence-electron chi connectivity index (χ4n) is 0.965. The highest BCUT2D eigenvalue weighted by atomic mass is 79.9. The number of halogens is 1. The lowest BCUT2D eigenvalue weighted by molar-refractivity contribution is -0.138. The Morgan fingerprint density at radius 1 is 1.57 bits per heavy atom. The van der Waals surface area contributed by atoms with Gasteiger partial charge in [0.2, 0.25) is 0 Å². The van der Waals surface area contributed by atoms with Gasteiger partial charge in [-0.2, -0.15) is 0 Å². The molecule has 0 aliphatic carbocycles. The molecular formula is C9H10BrNO3. The maximum absolute atomic E-state index is 10.6. The molecule has 0 spiro atoms. The number of nitrogens with one attached hydrogen (secondary N) is 1. The smallest absolute Gasteiger partial charge is 0.328 e. The molecule has 0 aliphatic rings. The van der Waals surface area contributed by atoms with Crippen molar-refractivity contribution in [2.45, 2.75) is 6.04 Å². The Labute approximate surface area is 89.7 Å². The lowest BCUT2D eigenvalue weighted by atomic mass is 10.2. The van der Waals surface area contributed by atoms with E-state index >= 15 is 0 Å². The quantitative estimate of drug-likeness (QED) is 0.763. The summed E-state index contributed by atoms with van der Waals surface area (Å²) in [6.07, 6.45) is 0. The van der Waals surface area contributed by atoms with Gasteiger partial charge in [-0.3, -0.25) is 0 Å². The van der Waals surface area contributed by atoms with Gasteiger partial charge in [0, 0.05) is 10.2 Å². The molecule has 0 fully saturated rings. The maximum atomic E-state index is 10.6. The Kier molecular flexibility index (Phi) is 3.91. The van der Waals surface area contributed by atoms with Crippen molar-refractivity contribution in [2.24, 2.45) is 0 Å². The van der Waals surface area contributed by atoms with Crippen LogP contribution >= 0.6 is 15.9 Å². The molecule has 14 heavy (non-hydrogen) atoms. The number of carbonyl (C=O) groups is 1. The second kappa shape index (κ2) is 4.97. The third kappa shape index (κ3) is 3.01. The molecule has 0 radical (unpaired) electrons. The summed E-state index contributed by atoms with van der Waals surface area (Å²) in [4.78, 5) is 10.6. The Balaban J connectivity index is 2.72. The van der Waals surface area contributed by atoms with Gasteiger partial charge in [-0.25, -0.2) is 4.79 Å². The highest BCUT2D eigenvalue weighted by Crippen LogP contribution is 2.16. The molecule has 1 rings (SSSR count). The number of hydrogen-bond acceptors (Lipinski definition) is 3. The molecule has 1 aromatic rings. The largest absolute Gasteiger partial charge is 0.480 e. The van der Waals surface area contributed by atoms with Gasteiger partial charge in [-0.1, -0.05) is 22.0 Å². The first-order valence-electron chi connectivity index (χ1n) is 3.99. The van der Waals surface area contributed by atoms with Crippen LogP contribution in [0.2, 0.25) is 0 Å². The Morgan fingerprint density at radius 2 is 2.29 bits per heavy atom. The van der Waals surface area contributed by atoms with Crippen LogP contribution < -0.4 is 5.32 Å². The van der Waals surface area contributed by atoms with E-state index in [2.05, 4.69) is 21.2 Å². The van der Waals surface area contributed by atoms with E-state index in [0.29, 0.717) is 5.69 Å². The molecule has 0 bridgehead atoms. The number of hydrogen-bond donors (Lipinski definition) is 3. The van der Waals surface area contributed by atoms with Crippen LogP contribution in [-0.4, -0.2) is 28.8 Å². The molecule has 0 heterocycles. The zero-order valence-corrected chi connectivity index (χ0v) is 8.86. The number of aliphatic carboxylic acids is 1. The van der Waals surface area contributed by atoms with Crippen LogP contribution in [0.4, 0.5) is 5.69 Å². The van der Waals surface area contributed by atoms with E-state index in [9.17, 15) is 4.79 Å². The third-order valence-electron chi connectivity index (χ3n) is 1.65. The minimum atomic E-state index is -1.08. The van der Waals surface area contributed by atoms with Crippen molar-refractivity contribution in [3.8, 4) is 0 Å². The summed E-state index contributed by atoms with van der Waals surface area (Å²) in [6, 6.07) is 6.12. The number of benzene rings is 1. The summed E-state index contributed by atoms with van der Waals surface area (Å²) >= 11 is 3.26. The van der Waals surface area contributed by atoms with Crippen molar-refractivity contribution >= 4 is 27.6 Å². The molecule has 5 heteroatoms. The molecule has 3 N–H and O–H groups in total. The van der Waals surface area contributed by atoms with E-state index in [4.69, 9.17) is 10.2 Å². The third-order valence-corrected chi connectivity index (χ3v) is 2.14. The predicted molar refractivity (Wildman–Crippen MR) is 56.3 cm³/mol. The van der Waals surface area contributed by atoms with Gasteiger partial charge in [0.05, 0.1) is 6.61 Å². The van der Waals surface area contributed by atoms with E-state index in [0.717, 1.165) is 4.47 Å². The van der Waals surface area contributed by atoms with Crippen LogP contribution in [-0.2, 0) is 4.79 Å². The summed E-state index contributed by atoms with van der Waals surface area (Å²) in [5.74, 6) is -1.08. The van der Waals surface area contributed by atoms with Crippen LogP contribution in [0.25, 0.3) is 0 Å². The molecule has 0 unspecified atom stereocenters. The van der Waals surface area contributed by atoms with E-state index in [1.165, 1.54) is 0 Å². The fraction of sp³-hybridized carbons (Fsp3) is 0.222. The van der Waals surface area contributed by atoms with Crippen LogP contribution in [0, 0.1) is 0 Å². The van der Waals surface area contributed by atoms with Crippen LogP contribution in [0.15, 0.2) is 28.7 Å². The van der Waals surface area contributed by atoms with E-state index in [1.54, 1.807) is 18.2 Å². The number of aliphatic hydroxyl groups excluding tert-OH is 1. The van der Waals surface area contributed by atoms with Gasteiger partial charge in [0.15, 0.2) is 0 Å². The highest BCUT2D eigenvalue weighted by Gasteiger charge is 2.15. The normalized spacial score (nSPS) is 12.1. The Morgan fingerprint density at radius 3 is 2.79 bits per heavy atom. The first-order chi connectivity index (χ1) is 6.63. The summed E-state index contributed by atoms with van der Waals surface area (Å²) in [6.45, 7) is -0.443. The Bertz CT molecular complexity index is 330. The monoisotopic (exact) mass is 259 g/mol. The summed E-state index contributed by atoms with van der Waals surface area (Å²) < 4.78 is 0.851. The van der Waals surface area contributed by atoms with Crippen molar-refractivity contribution in [1.82, 2.24) is 0 Å². The highest BCUT2D eigenvalue weighted by molar-refractivity contribution is 9.10. The number of anilines is 1. The van der Waals surface area contributed by atoms with Gasteiger partial charge >= 0.3 is 5.97 Å². The molecule has 1 atom stereocenters. The molecule has 76 valence electrons. The van der Waals surface area contributed by atoms with Crippen LogP contribution in [0.3, 0.4) is 0 Å². The van der Waals surface area contributed by atoms with Crippen molar-refractivity contribution in [2.75, 3.05) is 11.9 Å². The molecule has 1 aromatic carbocycles. The minimum absolute atomic E-state index is 0.443. The topological polar surface area (TPSA) is 69.6 Å². The standard InChI is InChI=1S/C9H10BrNO3/c10-6-2-1-3-7(4-6)11-8(5-12)9(13)14/h1-4,8,11-12H,5H2,(H,13,14)/t8-/m0/s1. The first kappa shape index (κ1) is 11.0. The van der Waals surface area contributed by atoms with E-state index in [1.807, 2.05) is 6.07 Å². The summed E-state index contributed by atoms with van der Waals surface area (Å²) in [5, 5.41) is 20.1. The number of carboxylic acids is 1.